The molecule has 0 aromatic carbocycles. The first kappa shape index (κ1) is 4.76. The minimum atomic E-state index is 0.762. The molecule has 0 spiro atoms. The molecule has 0 heterocycles. The van der Waals surface area contributed by atoms with Crippen LogP contribution in [0.15, 0.2) is 0 Å². The van der Waals surface area contributed by atoms with Crippen LogP contribution in [0, 0.1) is 0 Å². The first-order chi connectivity index (χ1) is 1.91. The predicted molar refractivity (Wildman–Crippen MR) is 21.8 cm³/mol. The summed E-state index contributed by atoms with van der Waals surface area (Å²) in [5.74, 6) is 0. The Morgan fingerprint density at radius 2 is 2.25 bits per heavy atom. The van der Waals surface area contributed by atoms with E-state index in [9.17, 15) is 0 Å². The predicted octanol–water partition coefficient (Wildman–Crippen LogP) is -1.04. The van der Waals surface area contributed by atoms with E-state index in [1.54, 1.807) is 7.11 Å². The average molecular weight is 167 g/mol. The van der Waals surface area contributed by atoms with Crippen LogP contribution in [0.5, 0.6) is 0 Å². The summed E-state index contributed by atoms with van der Waals surface area (Å²) in [6.07, 6.45) is 0. The normalized spacial score (nSPS) is 8.25. The molecule has 0 fully saturated rings. The molecular weight excluding hydrogens is 159 g/mol. The molecule has 0 aliphatic carbocycles. The van der Waals surface area contributed by atoms with Crippen molar-refractivity contribution in [1.82, 2.24) is 0 Å². The molecule has 0 amide bonds. The van der Waals surface area contributed by atoms with Crippen LogP contribution in [0.4, 0.5) is 0 Å². The monoisotopic (exact) mass is 168 g/mol. The van der Waals surface area contributed by atoms with Crippen LogP contribution in [-0.4, -0.2) is 34.3 Å². The van der Waals surface area contributed by atoms with E-state index in [2.05, 4.69) is 4.74 Å². The number of hydrogen-bond acceptors (Lipinski definition) is 1. The number of methoxy groups -OCH3 is 1. The quantitative estimate of drug-likeness (QED) is 0.453. The third kappa shape index (κ3) is 2.76. The molecule has 0 unspecified atom stereocenters. The van der Waals surface area contributed by atoms with Gasteiger partial charge in [-0.25, -0.2) is 0 Å². The minimum absolute atomic E-state index is 0.762. The molecular formula is C2H8OSn. The molecule has 26 valence electrons. The van der Waals surface area contributed by atoms with Crippen molar-refractivity contribution in [2.24, 2.45) is 0 Å². The summed E-state index contributed by atoms with van der Waals surface area (Å²) in [5, 5.41) is 0. The van der Waals surface area contributed by atoms with Gasteiger partial charge in [0.15, 0.2) is 0 Å². The van der Waals surface area contributed by atoms with Crippen molar-refractivity contribution in [3.05, 3.63) is 0 Å². The molecule has 4 heavy (non-hydrogen) atoms. The van der Waals surface area contributed by atoms with Gasteiger partial charge in [-0.2, -0.15) is 0 Å². The SMILES string of the molecule is CO[CH2][SnH3]. The zero-order valence-electron chi connectivity index (χ0n) is 3.12. The van der Waals surface area contributed by atoms with Gasteiger partial charge >= 0.3 is 39.0 Å². The Morgan fingerprint density at radius 3 is 2.25 bits per heavy atom. The van der Waals surface area contributed by atoms with Gasteiger partial charge in [0.25, 0.3) is 0 Å². The fraction of sp³-hybridized carbons (Fsp3) is 1.00. The summed E-state index contributed by atoms with van der Waals surface area (Å²) in [7, 11) is 1.73. The fourth-order valence-electron chi connectivity index (χ4n) is 0. The second-order valence-corrected chi connectivity index (χ2v) is 2.23. The van der Waals surface area contributed by atoms with Crippen molar-refractivity contribution in [2.75, 3.05) is 11.7 Å². The van der Waals surface area contributed by atoms with Crippen LogP contribution in [0.25, 0.3) is 0 Å². The van der Waals surface area contributed by atoms with Crippen molar-refractivity contribution in [3.8, 4) is 0 Å². The summed E-state index contributed by atoms with van der Waals surface area (Å²) in [4.78, 5) is 0. The Kier molecular flexibility index (Phi) is 4.47. The van der Waals surface area contributed by atoms with Crippen molar-refractivity contribution >= 4 is 22.5 Å². The standard InChI is InChI=1S/C2H5O.Sn.3H/c1-3-2;;;;/h1H2,2H3;;;;. The molecule has 0 saturated carbocycles. The van der Waals surface area contributed by atoms with Gasteiger partial charge in [-0.3, -0.25) is 0 Å². The van der Waals surface area contributed by atoms with Crippen LogP contribution >= 0.6 is 0 Å². The van der Waals surface area contributed by atoms with Crippen molar-refractivity contribution in [3.63, 3.8) is 0 Å². The topological polar surface area (TPSA) is 9.23 Å². The number of rotatable bonds is 1. The van der Waals surface area contributed by atoms with Crippen LogP contribution in [0.2, 0.25) is 0 Å². The van der Waals surface area contributed by atoms with Crippen LogP contribution in [0.3, 0.4) is 0 Å². The molecule has 0 N–H and O–H groups in total. The van der Waals surface area contributed by atoms with E-state index in [1.165, 1.54) is 0 Å². The Bertz CT molecular complexity index is 8.00. The zero-order valence-corrected chi connectivity index (χ0v) is 8.82. The molecule has 0 aromatic rings. The Hall–Kier alpha value is 0.759. The van der Waals surface area contributed by atoms with E-state index in [0.29, 0.717) is 0 Å². The third-order valence-corrected chi connectivity index (χ3v) is 1.94. The van der Waals surface area contributed by atoms with Gasteiger partial charge in [0.1, 0.15) is 0 Å². The van der Waals surface area contributed by atoms with Crippen molar-refractivity contribution in [2.45, 2.75) is 0 Å². The molecule has 0 bridgehead atoms. The maximum absolute atomic E-state index is 4.64. The number of hydrogen-bond donors (Lipinski definition) is 0. The van der Waals surface area contributed by atoms with Gasteiger partial charge in [0.2, 0.25) is 0 Å². The van der Waals surface area contributed by atoms with Crippen molar-refractivity contribution in [1.29, 1.82) is 0 Å². The summed E-state index contributed by atoms with van der Waals surface area (Å²) in [6, 6.07) is 0. The van der Waals surface area contributed by atoms with E-state index < -0.39 is 0 Å². The second kappa shape index (κ2) is 3.76. The van der Waals surface area contributed by atoms with Crippen molar-refractivity contribution < 1.29 is 4.74 Å². The van der Waals surface area contributed by atoms with Gasteiger partial charge in [-0.1, -0.05) is 0 Å². The van der Waals surface area contributed by atoms with Crippen LogP contribution < -0.4 is 0 Å². The average Bonchev–Trinajstić information content (AvgIpc) is 1.37. The Balaban J connectivity index is 1.97. The van der Waals surface area contributed by atoms with E-state index in [0.717, 1.165) is 27.1 Å². The zero-order chi connectivity index (χ0) is 3.41. The second-order valence-electron chi connectivity index (χ2n) is 0.577. The Morgan fingerprint density at radius 1 is 2.00 bits per heavy atom. The van der Waals surface area contributed by atoms with Gasteiger partial charge in [-0.05, 0) is 0 Å². The molecule has 0 saturated heterocycles. The van der Waals surface area contributed by atoms with E-state index >= 15 is 0 Å². The summed E-state index contributed by atoms with van der Waals surface area (Å²) < 4.78 is 5.66. The molecule has 0 aromatic heterocycles. The summed E-state index contributed by atoms with van der Waals surface area (Å²) in [6.45, 7) is 0. The van der Waals surface area contributed by atoms with E-state index in [-0.39, 0.29) is 0 Å². The molecule has 0 rings (SSSR count). The third-order valence-electron chi connectivity index (χ3n) is 0.289. The first-order valence-electron chi connectivity index (χ1n) is 1.40. The van der Waals surface area contributed by atoms with Gasteiger partial charge < -0.3 is 0 Å². The summed E-state index contributed by atoms with van der Waals surface area (Å²) >= 11 is 0.762. The summed E-state index contributed by atoms with van der Waals surface area (Å²) in [5.41, 5.74) is 0. The first-order valence-corrected chi connectivity index (χ1v) is 5.44. The number of ether oxygens (including phenoxy) is 1. The van der Waals surface area contributed by atoms with E-state index in [1.807, 2.05) is 0 Å². The Labute approximate surface area is 39.4 Å². The fourth-order valence-corrected chi connectivity index (χ4v) is 0. The van der Waals surface area contributed by atoms with Gasteiger partial charge in [0.05, 0.1) is 0 Å². The molecule has 0 aliphatic heterocycles. The maximum atomic E-state index is 4.64. The van der Waals surface area contributed by atoms with Gasteiger partial charge in [0, 0.05) is 0 Å². The van der Waals surface area contributed by atoms with E-state index in [4.69, 9.17) is 0 Å². The molecule has 0 radical (unpaired) electrons. The van der Waals surface area contributed by atoms with Crippen LogP contribution in [-0.2, 0) is 4.74 Å². The molecule has 1 nitrogen and oxygen atoms in total. The van der Waals surface area contributed by atoms with Crippen LogP contribution in [0.1, 0.15) is 0 Å². The van der Waals surface area contributed by atoms with Gasteiger partial charge in [-0.15, -0.1) is 0 Å². The molecule has 2 heteroatoms. The molecule has 0 atom stereocenters. The molecule has 0 aliphatic rings.